The second-order valence-electron chi connectivity index (χ2n) is 4.43. The van der Waals surface area contributed by atoms with Crippen LogP contribution >= 0.6 is 0 Å². The van der Waals surface area contributed by atoms with Gasteiger partial charge in [0.2, 0.25) is 0 Å². The maximum atomic E-state index is 2.33. The third-order valence-electron chi connectivity index (χ3n) is 2.06. The summed E-state index contributed by atoms with van der Waals surface area (Å²) >= 11 is 0.326. The van der Waals surface area contributed by atoms with Crippen molar-refractivity contribution in [1.29, 1.82) is 0 Å². The lowest BCUT2D eigenvalue weighted by Gasteiger charge is -2.04. The minimum atomic E-state index is 0.326. The first-order chi connectivity index (χ1) is 5.13. The predicted octanol–water partition coefficient (Wildman–Crippen LogP) is 3.62. The second-order valence-corrected chi connectivity index (χ2v) is 6.55. The molecule has 0 nitrogen and oxygen atoms in total. The Hall–Kier alpha value is 0.766. The van der Waals surface area contributed by atoms with Crippen molar-refractivity contribution < 1.29 is 0 Å². The van der Waals surface area contributed by atoms with Crippen LogP contribution in [0, 0.1) is 11.8 Å². The molecule has 0 N–H and O–H groups in total. The molecule has 0 saturated heterocycles. The SMILES string of the molecule is CC(C)C[CH2][Mg][CH2]CC(C)C. The molecule has 11 heavy (non-hydrogen) atoms. The van der Waals surface area contributed by atoms with Gasteiger partial charge in [-0.15, -0.1) is 9.10 Å². The highest BCUT2D eigenvalue weighted by molar-refractivity contribution is 6.35. The minimum absolute atomic E-state index is 0.326. The van der Waals surface area contributed by atoms with Gasteiger partial charge in [0, 0.05) is 0 Å². The maximum absolute atomic E-state index is 2.33. The number of hydrogen-bond acceptors (Lipinski definition) is 0. The standard InChI is InChI=1S/2C5H11.Mg/c2*1-4-5(2)3;/h2*5H,1,4H2,2-3H3;. The zero-order chi connectivity index (χ0) is 8.69. The molecule has 0 unspecified atom stereocenters. The van der Waals surface area contributed by atoms with E-state index in [0.717, 1.165) is 11.8 Å². The fraction of sp³-hybridized carbons (Fsp3) is 1.00. The van der Waals surface area contributed by atoms with Crippen molar-refractivity contribution >= 4 is 20.4 Å². The third kappa shape index (κ3) is 10.8. The van der Waals surface area contributed by atoms with Gasteiger partial charge in [0.25, 0.3) is 0 Å². The summed E-state index contributed by atoms with van der Waals surface area (Å²) in [7, 11) is 0. The van der Waals surface area contributed by atoms with Gasteiger partial charge in [-0.1, -0.05) is 40.5 Å². The van der Waals surface area contributed by atoms with Crippen LogP contribution in [0.25, 0.3) is 0 Å². The molecule has 0 radical (unpaired) electrons. The Balaban J connectivity index is 2.91. The lowest BCUT2D eigenvalue weighted by molar-refractivity contribution is 0.611. The molecule has 64 valence electrons. The summed E-state index contributed by atoms with van der Waals surface area (Å²) in [6.07, 6.45) is 2.95. The van der Waals surface area contributed by atoms with E-state index in [9.17, 15) is 0 Å². The molecule has 0 amide bonds. The van der Waals surface area contributed by atoms with E-state index in [-0.39, 0.29) is 0 Å². The van der Waals surface area contributed by atoms with Crippen molar-refractivity contribution in [2.75, 3.05) is 0 Å². The Morgan fingerprint density at radius 2 is 1.18 bits per heavy atom. The van der Waals surface area contributed by atoms with Gasteiger partial charge in [0.15, 0.2) is 0 Å². The molecule has 0 spiro atoms. The monoisotopic (exact) mass is 166 g/mol. The summed E-state index contributed by atoms with van der Waals surface area (Å²) in [5.74, 6) is 1.86. The Bertz CT molecular complexity index is 66.9. The third-order valence-corrected chi connectivity index (χ3v) is 3.88. The minimum Gasteiger partial charge on any atom is -0.146 e. The fourth-order valence-corrected chi connectivity index (χ4v) is 3.85. The Morgan fingerprint density at radius 3 is 1.45 bits per heavy atom. The zero-order valence-corrected chi connectivity index (χ0v) is 10.1. The Labute approximate surface area is 81.9 Å². The summed E-state index contributed by atoms with van der Waals surface area (Å²) in [6, 6.07) is 0. The van der Waals surface area contributed by atoms with Crippen molar-refractivity contribution in [3.05, 3.63) is 0 Å². The van der Waals surface area contributed by atoms with Crippen LogP contribution in [0.3, 0.4) is 0 Å². The summed E-state index contributed by atoms with van der Waals surface area (Å²) in [5, 5.41) is 0. The first-order valence-corrected chi connectivity index (χ1v) is 7.13. The van der Waals surface area contributed by atoms with Crippen molar-refractivity contribution in [3.8, 4) is 0 Å². The zero-order valence-electron chi connectivity index (χ0n) is 8.69. The molecule has 0 aliphatic rings. The van der Waals surface area contributed by atoms with E-state index in [1.165, 1.54) is 12.8 Å². The first kappa shape index (κ1) is 11.8. The van der Waals surface area contributed by atoms with E-state index in [0.29, 0.717) is 20.4 Å². The highest BCUT2D eigenvalue weighted by Gasteiger charge is 1.99. The van der Waals surface area contributed by atoms with Gasteiger partial charge in [-0.3, -0.25) is 0 Å². The predicted molar refractivity (Wildman–Crippen MR) is 54.3 cm³/mol. The number of rotatable bonds is 6. The van der Waals surface area contributed by atoms with Crippen LogP contribution in [0.4, 0.5) is 0 Å². The van der Waals surface area contributed by atoms with Crippen molar-refractivity contribution in [2.24, 2.45) is 11.8 Å². The fourth-order valence-electron chi connectivity index (χ4n) is 1.28. The summed E-state index contributed by atoms with van der Waals surface area (Å²) in [5.41, 5.74) is 0. The van der Waals surface area contributed by atoms with Gasteiger partial charge in [0.05, 0.1) is 0 Å². The van der Waals surface area contributed by atoms with Gasteiger partial charge in [-0.25, -0.2) is 0 Å². The molecule has 0 aromatic heterocycles. The molecule has 0 bridgehead atoms. The molecule has 0 saturated carbocycles. The molecule has 0 fully saturated rings. The van der Waals surface area contributed by atoms with Crippen molar-refractivity contribution in [1.82, 2.24) is 0 Å². The van der Waals surface area contributed by atoms with Gasteiger partial charge >= 0.3 is 20.4 Å². The molecule has 0 rings (SSSR count). The molecule has 0 heterocycles. The molecular weight excluding hydrogens is 144 g/mol. The molecule has 1 heteroatoms. The van der Waals surface area contributed by atoms with Crippen LogP contribution in [-0.4, -0.2) is 20.4 Å². The van der Waals surface area contributed by atoms with E-state index in [1.807, 2.05) is 0 Å². The van der Waals surface area contributed by atoms with E-state index >= 15 is 0 Å². The molecule has 0 aliphatic carbocycles. The van der Waals surface area contributed by atoms with E-state index in [4.69, 9.17) is 0 Å². The van der Waals surface area contributed by atoms with Crippen LogP contribution in [0.2, 0.25) is 9.10 Å². The molecule has 0 aromatic carbocycles. The van der Waals surface area contributed by atoms with Crippen molar-refractivity contribution in [2.45, 2.75) is 49.6 Å². The molecular formula is C10H22Mg. The molecule has 0 atom stereocenters. The van der Waals surface area contributed by atoms with Crippen LogP contribution in [-0.2, 0) is 0 Å². The number of hydrogen-bond donors (Lipinski definition) is 0. The highest BCUT2D eigenvalue weighted by atomic mass is 24.5. The lowest BCUT2D eigenvalue weighted by atomic mass is 10.2. The largest absolute Gasteiger partial charge is 0.364 e. The first-order valence-electron chi connectivity index (χ1n) is 5.13. The Morgan fingerprint density at radius 1 is 0.818 bits per heavy atom. The average molecular weight is 167 g/mol. The highest BCUT2D eigenvalue weighted by Crippen LogP contribution is 2.08. The van der Waals surface area contributed by atoms with Crippen LogP contribution in [0.5, 0.6) is 0 Å². The Kier molecular flexibility index (Phi) is 7.93. The summed E-state index contributed by atoms with van der Waals surface area (Å²) in [4.78, 5) is 0. The van der Waals surface area contributed by atoms with E-state index < -0.39 is 0 Å². The van der Waals surface area contributed by atoms with Crippen LogP contribution in [0.1, 0.15) is 40.5 Å². The van der Waals surface area contributed by atoms with Crippen LogP contribution in [0.15, 0.2) is 0 Å². The van der Waals surface area contributed by atoms with Gasteiger partial charge < -0.3 is 0 Å². The lowest BCUT2D eigenvalue weighted by Crippen LogP contribution is -1.96. The topological polar surface area (TPSA) is 0 Å². The molecule has 0 aromatic rings. The summed E-state index contributed by atoms with van der Waals surface area (Å²) < 4.78 is 3.15. The maximum Gasteiger partial charge on any atom is 0.364 e. The van der Waals surface area contributed by atoms with E-state index in [1.54, 1.807) is 9.10 Å². The quantitative estimate of drug-likeness (QED) is 0.418. The molecule has 0 aliphatic heterocycles. The summed E-state index contributed by atoms with van der Waals surface area (Å²) in [6.45, 7) is 9.32. The van der Waals surface area contributed by atoms with Gasteiger partial charge in [0.1, 0.15) is 0 Å². The van der Waals surface area contributed by atoms with Crippen molar-refractivity contribution in [3.63, 3.8) is 0 Å². The second kappa shape index (κ2) is 7.42. The smallest absolute Gasteiger partial charge is 0.146 e. The van der Waals surface area contributed by atoms with E-state index in [2.05, 4.69) is 27.7 Å². The van der Waals surface area contributed by atoms with Crippen LogP contribution < -0.4 is 0 Å². The average Bonchev–Trinajstić information content (AvgIpc) is 1.85. The normalized spacial score (nSPS) is 10.7. The van der Waals surface area contributed by atoms with Gasteiger partial charge in [-0.05, 0) is 11.8 Å². The van der Waals surface area contributed by atoms with Gasteiger partial charge in [-0.2, -0.15) is 0 Å².